The largest absolute Gasteiger partial charge is 0.393 e. The molecule has 2 atom stereocenters. The fourth-order valence-electron chi connectivity index (χ4n) is 2.07. The van der Waals surface area contributed by atoms with Gasteiger partial charge in [-0.3, -0.25) is 0 Å². The first kappa shape index (κ1) is 14.9. The van der Waals surface area contributed by atoms with Gasteiger partial charge in [-0.1, -0.05) is 27.2 Å². The third-order valence-electron chi connectivity index (χ3n) is 2.97. The lowest BCUT2D eigenvalue weighted by Gasteiger charge is -2.34. The van der Waals surface area contributed by atoms with E-state index in [0.717, 1.165) is 0 Å². The Kier molecular flexibility index (Phi) is 6.46. The molecule has 0 fully saturated rings. The zero-order valence-electron chi connectivity index (χ0n) is 11.2. The third-order valence-corrected chi connectivity index (χ3v) is 2.97. The average Bonchev–Trinajstić information content (AvgIpc) is 2.12. The highest BCUT2D eigenvalue weighted by Gasteiger charge is 2.27. The quantitative estimate of drug-likeness (QED) is 0.708. The summed E-state index contributed by atoms with van der Waals surface area (Å²) in [6.07, 6.45) is 2.60. The van der Waals surface area contributed by atoms with Crippen molar-refractivity contribution in [3.05, 3.63) is 0 Å². The van der Waals surface area contributed by atoms with E-state index in [-0.39, 0.29) is 12.7 Å². The van der Waals surface area contributed by atoms with Gasteiger partial charge in [-0.05, 0) is 39.0 Å². The lowest BCUT2D eigenvalue weighted by molar-refractivity contribution is -0.117. The van der Waals surface area contributed by atoms with Crippen molar-refractivity contribution in [3.8, 4) is 0 Å². The van der Waals surface area contributed by atoms with Crippen LogP contribution in [0.15, 0.2) is 0 Å². The molecule has 0 aliphatic rings. The van der Waals surface area contributed by atoms with Crippen molar-refractivity contribution < 1.29 is 9.84 Å². The summed E-state index contributed by atoms with van der Waals surface area (Å²) in [6, 6.07) is 0. The van der Waals surface area contributed by atoms with Gasteiger partial charge in [0.05, 0.1) is 18.3 Å². The molecule has 0 amide bonds. The van der Waals surface area contributed by atoms with E-state index in [0.29, 0.717) is 11.8 Å². The van der Waals surface area contributed by atoms with Crippen LogP contribution in [0.4, 0.5) is 0 Å². The summed E-state index contributed by atoms with van der Waals surface area (Å²) < 4.78 is 5.91. The van der Waals surface area contributed by atoms with Crippen molar-refractivity contribution in [2.24, 2.45) is 11.8 Å². The highest BCUT2D eigenvalue weighted by molar-refractivity contribution is 4.75. The van der Waals surface area contributed by atoms with E-state index < -0.39 is 5.60 Å². The van der Waals surface area contributed by atoms with Gasteiger partial charge in [0.25, 0.3) is 0 Å². The van der Waals surface area contributed by atoms with Crippen LogP contribution >= 0.6 is 0 Å². The zero-order chi connectivity index (χ0) is 12.1. The molecule has 0 aromatic carbocycles. The highest BCUT2D eigenvalue weighted by Crippen LogP contribution is 2.26. The molecule has 0 aliphatic heterocycles. The lowest BCUT2D eigenvalue weighted by Crippen LogP contribution is -2.37. The highest BCUT2D eigenvalue weighted by atomic mass is 16.5. The van der Waals surface area contributed by atoms with E-state index in [1.54, 1.807) is 0 Å². The van der Waals surface area contributed by atoms with E-state index in [1.165, 1.54) is 12.8 Å². The fourth-order valence-corrected chi connectivity index (χ4v) is 2.07. The summed E-state index contributed by atoms with van der Waals surface area (Å²) in [5.74, 6) is 1.22. The predicted octanol–water partition coefficient (Wildman–Crippen LogP) is 3.23. The Hall–Kier alpha value is -0.0800. The van der Waals surface area contributed by atoms with Gasteiger partial charge in [0.15, 0.2) is 0 Å². The summed E-state index contributed by atoms with van der Waals surface area (Å²) in [7, 11) is 0. The monoisotopic (exact) mass is 216 g/mol. The summed E-state index contributed by atoms with van der Waals surface area (Å²) >= 11 is 0. The third kappa shape index (κ3) is 5.53. The molecule has 0 bridgehead atoms. The van der Waals surface area contributed by atoms with Gasteiger partial charge in [-0.25, -0.2) is 0 Å². The normalized spacial score (nSPS) is 16.8. The van der Waals surface area contributed by atoms with E-state index in [4.69, 9.17) is 9.84 Å². The number of hydrogen-bond donors (Lipinski definition) is 1. The molecule has 2 nitrogen and oxygen atoms in total. The molecule has 1 N–H and O–H groups in total. The number of ether oxygens (including phenoxy) is 1. The molecule has 15 heavy (non-hydrogen) atoms. The Labute approximate surface area is 95.0 Å². The van der Waals surface area contributed by atoms with Crippen molar-refractivity contribution in [1.29, 1.82) is 0 Å². The van der Waals surface area contributed by atoms with E-state index in [2.05, 4.69) is 27.7 Å². The first-order valence-corrected chi connectivity index (χ1v) is 6.12. The Morgan fingerprint density at radius 2 is 1.73 bits per heavy atom. The van der Waals surface area contributed by atoms with Crippen LogP contribution in [0, 0.1) is 11.8 Å². The van der Waals surface area contributed by atoms with Gasteiger partial charge in [0, 0.05) is 0 Å². The summed E-state index contributed by atoms with van der Waals surface area (Å²) in [4.78, 5) is 0. The minimum Gasteiger partial charge on any atom is -0.393 e. The van der Waals surface area contributed by atoms with Crippen LogP contribution in [0.25, 0.3) is 0 Å². The van der Waals surface area contributed by atoms with Crippen molar-refractivity contribution in [2.75, 3.05) is 6.61 Å². The van der Waals surface area contributed by atoms with Crippen molar-refractivity contribution in [3.63, 3.8) is 0 Å². The Morgan fingerprint density at radius 3 is 2.07 bits per heavy atom. The first-order chi connectivity index (χ1) is 6.84. The minimum absolute atomic E-state index is 0.0777. The molecule has 2 heteroatoms. The SMILES string of the molecule is CCCC(C(C)C)C(C)OC(C)(C)CO. The molecule has 0 saturated heterocycles. The Balaban J connectivity index is 4.31. The number of hydrogen-bond acceptors (Lipinski definition) is 2. The fraction of sp³-hybridized carbons (Fsp3) is 1.00. The standard InChI is InChI=1S/C13H28O2/c1-7-8-12(10(2)3)11(4)15-13(5,6)9-14/h10-12,14H,7-9H2,1-6H3. The first-order valence-electron chi connectivity index (χ1n) is 6.12. The number of aliphatic hydroxyl groups excluding tert-OH is 1. The molecule has 0 aromatic heterocycles. The van der Waals surface area contributed by atoms with E-state index in [1.807, 2.05) is 13.8 Å². The molecule has 0 radical (unpaired) electrons. The molecule has 0 saturated carbocycles. The maximum Gasteiger partial charge on any atom is 0.0859 e. The molecular weight excluding hydrogens is 188 g/mol. The van der Waals surface area contributed by atoms with Gasteiger partial charge < -0.3 is 9.84 Å². The maximum absolute atomic E-state index is 9.17. The van der Waals surface area contributed by atoms with Crippen LogP contribution in [-0.4, -0.2) is 23.4 Å². The molecule has 0 rings (SSSR count). The molecule has 2 unspecified atom stereocenters. The van der Waals surface area contributed by atoms with Gasteiger partial charge in [-0.15, -0.1) is 0 Å². The Bertz CT molecular complexity index is 164. The van der Waals surface area contributed by atoms with Gasteiger partial charge in [0.1, 0.15) is 0 Å². The van der Waals surface area contributed by atoms with Crippen molar-refractivity contribution in [1.82, 2.24) is 0 Å². The zero-order valence-corrected chi connectivity index (χ0v) is 11.2. The smallest absolute Gasteiger partial charge is 0.0859 e. The molecule has 92 valence electrons. The molecular formula is C13H28O2. The van der Waals surface area contributed by atoms with E-state index >= 15 is 0 Å². The van der Waals surface area contributed by atoms with Crippen LogP contribution in [0.2, 0.25) is 0 Å². The van der Waals surface area contributed by atoms with Gasteiger partial charge in [-0.2, -0.15) is 0 Å². The predicted molar refractivity (Wildman–Crippen MR) is 64.9 cm³/mol. The second-order valence-corrected chi connectivity index (χ2v) is 5.44. The molecule has 0 spiro atoms. The second kappa shape index (κ2) is 6.49. The van der Waals surface area contributed by atoms with Crippen LogP contribution in [0.5, 0.6) is 0 Å². The van der Waals surface area contributed by atoms with Crippen LogP contribution in [0.3, 0.4) is 0 Å². The second-order valence-electron chi connectivity index (χ2n) is 5.44. The average molecular weight is 216 g/mol. The van der Waals surface area contributed by atoms with Gasteiger partial charge >= 0.3 is 0 Å². The number of rotatable bonds is 7. The van der Waals surface area contributed by atoms with Crippen LogP contribution in [-0.2, 0) is 4.74 Å². The molecule has 0 aliphatic carbocycles. The summed E-state index contributed by atoms with van der Waals surface area (Å²) in [6.45, 7) is 12.8. The van der Waals surface area contributed by atoms with Crippen molar-refractivity contribution in [2.45, 2.75) is 66.1 Å². The van der Waals surface area contributed by atoms with Crippen LogP contribution in [0.1, 0.15) is 54.4 Å². The van der Waals surface area contributed by atoms with Crippen LogP contribution < -0.4 is 0 Å². The summed E-state index contributed by atoms with van der Waals surface area (Å²) in [5, 5.41) is 9.17. The van der Waals surface area contributed by atoms with E-state index in [9.17, 15) is 0 Å². The number of aliphatic hydroxyl groups is 1. The van der Waals surface area contributed by atoms with Crippen molar-refractivity contribution >= 4 is 0 Å². The van der Waals surface area contributed by atoms with Gasteiger partial charge in [0.2, 0.25) is 0 Å². The maximum atomic E-state index is 9.17. The molecule has 0 aromatic rings. The molecule has 0 heterocycles. The topological polar surface area (TPSA) is 29.5 Å². The summed E-state index contributed by atoms with van der Waals surface area (Å²) in [5.41, 5.74) is -0.416. The lowest BCUT2D eigenvalue weighted by atomic mass is 9.87. The minimum atomic E-state index is -0.416. The Morgan fingerprint density at radius 1 is 1.20 bits per heavy atom.